The standard InChI is InChI=1S/C26H29N7O2/c1-17(34)33-11-8-20(32(2)16-19-14-27-9-10-28-19)13-24(33)25-29-15-23(30-25)21-12-18-6-4-5-7-22(18)31-26(21)35-3/h4-7,9-10,12,14-15,20,24H,8,11,13,16H2,1-3H3,(H,29,30)/t20?,24-/m0/s1. The minimum absolute atomic E-state index is 0.0490. The molecule has 1 unspecified atom stereocenters. The number of aromatic nitrogens is 5. The number of pyridine rings is 1. The summed E-state index contributed by atoms with van der Waals surface area (Å²) in [5.41, 5.74) is 3.45. The van der Waals surface area contributed by atoms with Crippen molar-refractivity contribution in [3.63, 3.8) is 0 Å². The first-order valence-electron chi connectivity index (χ1n) is 11.7. The molecule has 0 aliphatic carbocycles. The highest BCUT2D eigenvalue weighted by Crippen LogP contribution is 2.35. The molecule has 1 aliphatic heterocycles. The molecular weight excluding hydrogens is 442 g/mol. The fourth-order valence-electron chi connectivity index (χ4n) is 4.87. The number of aromatic amines is 1. The Balaban J connectivity index is 1.42. The molecular formula is C26H29N7O2. The SMILES string of the molecule is COc1nc2ccccc2cc1-c1cnc([C@@H]2CC(N(C)Cc3cnccn3)CCN2C(C)=O)[nH]1. The number of imidazole rings is 1. The molecule has 1 aromatic carbocycles. The van der Waals surface area contributed by atoms with Crippen LogP contribution in [0.5, 0.6) is 5.88 Å². The van der Waals surface area contributed by atoms with Crippen molar-refractivity contribution in [1.82, 2.24) is 34.7 Å². The summed E-state index contributed by atoms with van der Waals surface area (Å²) in [6.45, 7) is 3.00. The normalized spacial score (nSPS) is 18.2. The highest BCUT2D eigenvalue weighted by atomic mass is 16.5. The predicted octanol–water partition coefficient (Wildman–Crippen LogP) is 3.61. The van der Waals surface area contributed by atoms with Crippen molar-refractivity contribution in [2.45, 2.75) is 38.4 Å². The number of amides is 1. The van der Waals surface area contributed by atoms with Gasteiger partial charge < -0.3 is 14.6 Å². The minimum atomic E-state index is -0.149. The first-order chi connectivity index (χ1) is 17.0. The second kappa shape index (κ2) is 9.79. The summed E-state index contributed by atoms with van der Waals surface area (Å²) in [7, 11) is 3.72. The van der Waals surface area contributed by atoms with Crippen LogP contribution in [0, 0.1) is 0 Å². The summed E-state index contributed by atoms with van der Waals surface area (Å²) in [5, 5.41) is 1.02. The number of para-hydroxylation sites is 1. The van der Waals surface area contributed by atoms with Gasteiger partial charge in [0.1, 0.15) is 5.82 Å². The number of H-pyrrole nitrogens is 1. The van der Waals surface area contributed by atoms with Crippen LogP contribution >= 0.6 is 0 Å². The molecule has 0 bridgehead atoms. The lowest BCUT2D eigenvalue weighted by atomic mass is 9.95. The highest BCUT2D eigenvalue weighted by Gasteiger charge is 2.35. The largest absolute Gasteiger partial charge is 0.480 e. The fraction of sp³-hybridized carbons (Fsp3) is 0.346. The van der Waals surface area contributed by atoms with Gasteiger partial charge in [-0.2, -0.15) is 0 Å². The third kappa shape index (κ3) is 4.72. The van der Waals surface area contributed by atoms with Crippen LogP contribution in [0.4, 0.5) is 0 Å². The Morgan fingerprint density at radius 1 is 1.23 bits per heavy atom. The van der Waals surface area contributed by atoms with Gasteiger partial charge >= 0.3 is 0 Å². The number of carbonyl (C=O) groups excluding carboxylic acids is 1. The number of fused-ring (bicyclic) bond motifs is 1. The second-order valence-electron chi connectivity index (χ2n) is 8.94. The maximum Gasteiger partial charge on any atom is 0.223 e. The lowest BCUT2D eigenvalue weighted by Gasteiger charge is -2.41. The smallest absolute Gasteiger partial charge is 0.223 e. The minimum Gasteiger partial charge on any atom is -0.480 e. The van der Waals surface area contributed by atoms with E-state index < -0.39 is 0 Å². The van der Waals surface area contributed by atoms with E-state index in [4.69, 9.17) is 9.72 Å². The second-order valence-corrected chi connectivity index (χ2v) is 8.94. The zero-order chi connectivity index (χ0) is 24.4. The van der Waals surface area contributed by atoms with E-state index in [1.165, 1.54) is 0 Å². The van der Waals surface area contributed by atoms with E-state index in [0.29, 0.717) is 19.0 Å². The van der Waals surface area contributed by atoms with Gasteiger partial charge in [0.2, 0.25) is 11.8 Å². The first kappa shape index (κ1) is 22.9. The average molecular weight is 472 g/mol. The number of rotatable bonds is 6. The molecule has 0 saturated carbocycles. The molecule has 35 heavy (non-hydrogen) atoms. The van der Waals surface area contributed by atoms with E-state index in [9.17, 15) is 4.79 Å². The van der Waals surface area contributed by atoms with E-state index in [1.807, 2.05) is 29.2 Å². The van der Waals surface area contributed by atoms with Gasteiger partial charge in [0, 0.05) is 50.0 Å². The molecule has 3 aromatic heterocycles. The van der Waals surface area contributed by atoms with Gasteiger partial charge in [0.05, 0.1) is 41.8 Å². The molecule has 0 radical (unpaired) electrons. The number of benzene rings is 1. The lowest BCUT2D eigenvalue weighted by molar-refractivity contribution is -0.133. The Hall–Kier alpha value is -3.85. The van der Waals surface area contributed by atoms with Gasteiger partial charge in [-0.05, 0) is 32.0 Å². The van der Waals surface area contributed by atoms with Gasteiger partial charge in [-0.15, -0.1) is 0 Å². The molecule has 0 spiro atoms. The summed E-state index contributed by atoms with van der Waals surface area (Å²) in [4.78, 5) is 38.1. The molecule has 1 N–H and O–H groups in total. The zero-order valence-electron chi connectivity index (χ0n) is 20.2. The Labute approximate surface area is 204 Å². The fourth-order valence-corrected chi connectivity index (χ4v) is 4.87. The van der Waals surface area contributed by atoms with Crippen molar-refractivity contribution in [1.29, 1.82) is 0 Å². The third-order valence-electron chi connectivity index (χ3n) is 6.71. The number of methoxy groups -OCH3 is 1. The number of piperidine rings is 1. The molecule has 9 heteroatoms. The van der Waals surface area contributed by atoms with Gasteiger partial charge in [-0.3, -0.25) is 19.7 Å². The van der Waals surface area contributed by atoms with E-state index in [1.54, 1.807) is 38.8 Å². The van der Waals surface area contributed by atoms with Crippen LogP contribution in [0.3, 0.4) is 0 Å². The summed E-state index contributed by atoms with van der Waals surface area (Å²) in [5.74, 6) is 1.35. The number of hydrogen-bond acceptors (Lipinski definition) is 7. The molecule has 1 saturated heterocycles. The third-order valence-corrected chi connectivity index (χ3v) is 6.71. The van der Waals surface area contributed by atoms with Gasteiger partial charge in [0.15, 0.2) is 0 Å². The topological polar surface area (TPSA) is 100 Å². The van der Waals surface area contributed by atoms with Crippen LogP contribution in [0.1, 0.15) is 37.3 Å². The maximum absolute atomic E-state index is 12.5. The van der Waals surface area contributed by atoms with Crippen molar-refractivity contribution in [3.8, 4) is 17.1 Å². The van der Waals surface area contributed by atoms with Crippen LogP contribution in [-0.4, -0.2) is 67.4 Å². The van der Waals surface area contributed by atoms with Crippen LogP contribution in [0.15, 0.2) is 55.1 Å². The van der Waals surface area contributed by atoms with Crippen LogP contribution in [0.25, 0.3) is 22.2 Å². The van der Waals surface area contributed by atoms with E-state index in [0.717, 1.165) is 46.5 Å². The molecule has 4 heterocycles. The molecule has 180 valence electrons. The van der Waals surface area contributed by atoms with Gasteiger partial charge in [-0.25, -0.2) is 9.97 Å². The predicted molar refractivity (Wildman–Crippen MR) is 133 cm³/mol. The molecule has 5 rings (SSSR count). The average Bonchev–Trinajstić information content (AvgIpc) is 3.38. The Kier molecular flexibility index (Phi) is 6.41. The van der Waals surface area contributed by atoms with Crippen LogP contribution in [0.2, 0.25) is 0 Å². The number of likely N-dealkylation sites (tertiary alicyclic amines) is 1. The Morgan fingerprint density at radius 2 is 2.09 bits per heavy atom. The molecule has 1 fully saturated rings. The van der Waals surface area contributed by atoms with Gasteiger partial charge in [-0.1, -0.05) is 18.2 Å². The van der Waals surface area contributed by atoms with Crippen molar-refractivity contribution in [2.75, 3.05) is 20.7 Å². The molecule has 1 aliphatic rings. The Morgan fingerprint density at radius 3 is 2.86 bits per heavy atom. The Bertz CT molecular complexity index is 1320. The number of nitrogens with zero attached hydrogens (tertiary/aromatic N) is 6. The first-order valence-corrected chi connectivity index (χ1v) is 11.7. The number of carbonyl (C=O) groups is 1. The van der Waals surface area contributed by atoms with Gasteiger partial charge in [0.25, 0.3) is 0 Å². The quantitative estimate of drug-likeness (QED) is 0.458. The number of ether oxygens (including phenoxy) is 1. The zero-order valence-corrected chi connectivity index (χ0v) is 20.2. The highest BCUT2D eigenvalue weighted by molar-refractivity contribution is 5.85. The van der Waals surface area contributed by atoms with E-state index in [-0.39, 0.29) is 18.0 Å². The number of hydrogen-bond donors (Lipinski definition) is 1. The summed E-state index contributed by atoms with van der Waals surface area (Å²) >= 11 is 0. The van der Waals surface area contributed by atoms with Crippen molar-refractivity contribution >= 4 is 16.8 Å². The maximum atomic E-state index is 12.5. The summed E-state index contributed by atoms with van der Waals surface area (Å²) in [6, 6.07) is 10.1. The van der Waals surface area contributed by atoms with Crippen LogP contribution < -0.4 is 4.74 Å². The lowest BCUT2D eigenvalue weighted by Crippen LogP contribution is -2.46. The van der Waals surface area contributed by atoms with Crippen molar-refractivity contribution < 1.29 is 9.53 Å². The molecule has 4 aromatic rings. The van der Waals surface area contributed by atoms with Crippen molar-refractivity contribution in [3.05, 3.63) is 66.6 Å². The van der Waals surface area contributed by atoms with E-state index in [2.05, 4.69) is 37.9 Å². The molecule has 9 nitrogen and oxygen atoms in total. The van der Waals surface area contributed by atoms with Crippen LogP contribution in [-0.2, 0) is 11.3 Å². The van der Waals surface area contributed by atoms with E-state index >= 15 is 0 Å². The summed E-state index contributed by atoms with van der Waals surface area (Å²) < 4.78 is 5.59. The molecule has 2 atom stereocenters. The van der Waals surface area contributed by atoms with Crippen molar-refractivity contribution in [2.24, 2.45) is 0 Å². The monoisotopic (exact) mass is 471 g/mol. The molecule has 1 amide bonds. The summed E-state index contributed by atoms with van der Waals surface area (Å²) in [6.07, 6.45) is 8.65. The number of nitrogens with one attached hydrogen (secondary N) is 1.